The lowest BCUT2D eigenvalue weighted by Crippen LogP contribution is -2.29. The number of esters is 2. The molecule has 0 aliphatic rings. The summed E-state index contributed by atoms with van der Waals surface area (Å²) in [6, 6.07) is 0. The van der Waals surface area contributed by atoms with E-state index >= 15 is 0 Å². The van der Waals surface area contributed by atoms with Crippen LogP contribution in [0.25, 0.3) is 0 Å². The van der Waals surface area contributed by atoms with Crippen molar-refractivity contribution in [2.75, 3.05) is 26.4 Å². The SMILES string of the molecule is CCCCC/C=C/C/C=C/CCCCCCCC(=O)OC[C@H](COP(=O)(O)OC[C@@H](O)CO)OC(=O)CCCCCCCCCCCCC. The third kappa shape index (κ3) is 34.7. The van der Waals surface area contributed by atoms with Crippen molar-refractivity contribution in [3.8, 4) is 0 Å². The highest BCUT2D eigenvalue weighted by atomic mass is 31.2. The van der Waals surface area contributed by atoms with Crippen molar-refractivity contribution < 1.29 is 47.8 Å². The molecule has 3 atom stereocenters. The topological polar surface area (TPSA) is 149 Å². The van der Waals surface area contributed by atoms with E-state index in [1.807, 2.05) is 0 Å². The van der Waals surface area contributed by atoms with Gasteiger partial charge >= 0.3 is 19.8 Å². The Kier molecular flexibility index (Phi) is 33.8. The van der Waals surface area contributed by atoms with Crippen LogP contribution in [-0.4, -0.2) is 65.7 Å². The molecule has 0 fully saturated rings. The van der Waals surface area contributed by atoms with E-state index < -0.39 is 51.8 Å². The normalized spacial score (nSPS) is 14.3. The molecule has 0 radical (unpaired) electrons. The Morgan fingerprint density at radius 2 is 1.06 bits per heavy atom. The van der Waals surface area contributed by atoms with Crippen LogP contribution in [0, 0.1) is 0 Å². The average Bonchev–Trinajstić information content (AvgIpc) is 3.09. The highest BCUT2D eigenvalue weighted by Gasteiger charge is 2.27. The van der Waals surface area contributed by atoms with Gasteiger partial charge in [-0.2, -0.15) is 0 Å². The van der Waals surface area contributed by atoms with Gasteiger partial charge < -0.3 is 24.6 Å². The van der Waals surface area contributed by atoms with Gasteiger partial charge in [0.25, 0.3) is 0 Å². The Morgan fingerprint density at radius 3 is 1.61 bits per heavy atom. The summed E-state index contributed by atoms with van der Waals surface area (Å²) in [7, 11) is -4.61. The van der Waals surface area contributed by atoms with E-state index in [1.165, 1.54) is 70.6 Å². The standard InChI is InChI=1S/C38H71O10P/c1-3-5-7-9-11-13-15-16-17-18-20-21-23-25-27-29-37(41)45-33-36(34-47-49(43,44)46-32-35(40)31-39)48-38(42)30-28-26-24-22-19-14-12-10-8-6-4-2/h11,13,16-17,35-36,39-40H,3-10,12,14-15,18-34H2,1-2H3,(H,43,44)/b13-11+,17-16+/t35-,36+/m0/s1. The molecule has 10 nitrogen and oxygen atoms in total. The van der Waals surface area contributed by atoms with Gasteiger partial charge in [-0.05, 0) is 44.9 Å². The van der Waals surface area contributed by atoms with Gasteiger partial charge in [0.2, 0.25) is 0 Å². The minimum absolute atomic E-state index is 0.184. The van der Waals surface area contributed by atoms with Crippen LogP contribution in [0.1, 0.15) is 168 Å². The Balaban J connectivity index is 4.37. The van der Waals surface area contributed by atoms with Crippen LogP contribution < -0.4 is 0 Å². The first-order valence-corrected chi connectivity index (χ1v) is 20.8. The number of phosphoric ester groups is 1. The van der Waals surface area contributed by atoms with Crippen molar-refractivity contribution in [3.05, 3.63) is 24.3 Å². The molecule has 0 saturated heterocycles. The van der Waals surface area contributed by atoms with E-state index in [0.717, 1.165) is 57.8 Å². The molecule has 0 heterocycles. The summed E-state index contributed by atoms with van der Waals surface area (Å²) in [5.74, 6) is -0.940. The molecule has 3 N–H and O–H groups in total. The van der Waals surface area contributed by atoms with E-state index in [-0.39, 0.29) is 19.4 Å². The first kappa shape index (κ1) is 47.4. The van der Waals surface area contributed by atoms with Crippen LogP contribution in [-0.2, 0) is 32.7 Å². The molecule has 0 spiro atoms. The zero-order valence-corrected chi connectivity index (χ0v) is 31.8. The van der Waals surface area contributed by atoms with Crippen LogP contribution in [0.4, 0.5) is 0 Å². The van der Waals surface area contributed by atoms with E-state index in [9.17, 15) is 24.2 Å². The monoisotopic (exact) mass is 718 g/mol. The minimum Gasteiger partial charge on any atom is -0.462 e. The van der Waals surface area contributed by atoms with Gasteiger partial charge in [0.15, 0.2) is 6.10 Å². The third-order valence-electron chi connectivity index (χ3n) is 8.11. The molecule has 0 aromatic rings. The van der Waals surface area contributed by atoms with Crippen LogP contribution in [0.3, 0.4) is 0 Å². The summed E-state index contributed by atoms with van der Waals surface area (Å²) >= 11 is 0. The van der Waals surface area contributed by atoms with Crippen molar-refractivity contribution in [1.29, 1.82) is 0 Å². The molecule has 0 bridgehead atoms. The Hall–Kier alpha value is -1.55. The molecule has 0 rings (SSSR count). The molecule has 0 aliphatic heterocycles. The second-order valence-electron chi connectivity index (χ2n) is 13.0. The summed E-state index contributed by atoms with van der Waals surface area (Å²) in [6.07, 6.45) is 31.5. The van der Waals surface area contributed by atoms with Gasteiger partial charge in [0.05, 0.1) is 19.8 Å². The van der Waals surface area contributed by atoms with Gasteiger partial charge in [-0.25, -0.2) is 4.57 Å². The molecule has 0 aliphatic carbocycles. The summed E-state index contributed by atoms with van der Waals surface area (Å²) in [5, 5.41) is 18.3. The second-order valence-corrected chi connectivity index (χ2v) is 14.4. The number of phosphoric acid groups is 1. The Morgan fingerprint density at radius 1 is 0.612 bits per heavy atom. The van der Waals surface area contributed by atoms with Gasteiger partial charge in [-0.15, -0.1) is 0 Å². The number of aliphatic hydroxyl groups excluding tert-OH is 2. The first-order valence-electron chi connectivity index (χ1n) is 19.3. The van der Waals surface area contributed by atoms with Crippen LogP contribution in [0.2, 0.25) is 0 Å². The van der Waals surface area contributed by atoms with E-state index in [0.29, 0.717) is 12.8 Å². The number of unbranched alkanes of at least 4 members (excludes halogenated alkanes) is 18. The van der Waals surface area contributed by atoms with Crippen molar-refractivity contribution in [3.63, 3.8) is 0 Å². The summed E-state index contributed by atoms with van der Waals surface area (Å²) in [5.41, 5.74) is 0. The molecule has 0 aromatic heterocycles. The first-order chi connectivity index (χ1) is 23.7. The number of hydrogen-bond donors (Lipinski definition) is 3. The van der Waals surface area contributed by atoms with Gasteiger partial charge in [0.1, 0.15) is 12.7 Å². The number of rotatable bonds is 36. The third-order valence-corrected chi connectivity index (χ3v) is 9.06. The maximum absolute atomic E-state index is 12.5. The van der Waals surface area contributed by atoms with Crippen molar-refractivity contribution in [2.24, 2.45) is 0 Å². The molecular weight excluding hydrogens is 647 g/mol. The average molecular weight is 719 g/mol. The van der Waals surface area contributed by atoms with E-state index in [1.54, 1.807) is 0 Å². The van der Waals surface area contributed by atoms with Gasteiger partial charge in [-0.1, -0.05) is 134 Å². The predicted octanol–water partition coefficient (Wildman–Crippen LogP) is 9.44. The lowest BCUT2D eigenvalue weighted by atomic mass is 10.1. The van der Waals surface area contributed by atoms with Crippen LogP contribution in [0.5, 0.6) is 0 Å². The van der Waals surface area contributed by atoms with Gasteiger partial charge in [0, 0.05) is 12.8 Å². The fraction of sp³-hybridized carbons (Fsp3) is 0.842. The maximum atomic E-state index is 12.5. The summed E-state index contributed by atoms with van der Waals surface area (Å²) in [6.45, 7) is 2.32. The molecule has 0 saturated carbocycles. The summed E-state index contributed by atoms with van der Waals surface area (Å²) < 4.78 is 32.5. The zero-order chi connectivity index (χ0) is 36.3. The fourth-order valence-corrected chi connectivity index (χ4v) is 5.87. The molecule has 11 heteroatoms. The number of ether oxygens (including phenoxy) is 2. The van der Waals surface area contributed by atoms with Crippen molar-refractivity contribution in [2.45, 2.75) is 180 Å². The number of allylic oxidation sites excluding steroid dienone is 4. The number of aliphatic hydroxyl groups is 2. The molecule has 49 heavy (non-hydrogen) atoms. The smallest absolute Gasteiger partial charge is 0.462 e. The second kappa shape index (κ2) is 34.9. The quantitative estimate of drug-likeness (QED) is 0.0248. The Labute approximate surface area is 298 Å². The van der Waals surface area contributed by atoms with Gasteiger partial charge in [-0.3, -0.25) is 18.6 Å². The zero-order valence-electron chi connectivity index (χ0n) is 30.9. The highest BCUT2D eigenvalue weighted by molar-refractivity contribution is 7.47. The van der Waals surface area contributed by atoms with Crippen LogP contribution in [0.15, 0.2) is 24.3 Å². The molecule has 1 unspecified atom stereocenters. The lowest BCUT2D eigenvalue weighted by Gasteiger charge is -2.20. The summed E-state index contributed by atoms with van der Waals surface area (Å²) in [4.78, 5) is 34.8. The molecular formula is C38H71O10P. The molecule has 0 amide bonds. The Bertz CT molecular complexity index is 879. The van der Waals surface area contributed by atoms with Crippen molar-refractivity contribution >= 4 is 19.8 Å². The minimum atomic E-state index is -4.61. The largest absolute Gasteiger partial charge is 0.472 e. The molecule has 0 aromatic carbocycles. The fourth-order valence-electron chi connectivity index (χ4n) is 5.08. The van der Waals surface area contributed by atoms with E-state index in [2.05, 4.69) is 42.7 Å². The lowest BCUT2D eigenvalue weighted by molar-refractivity contribution is -0.161. The van der Waals surface area contributed by atoms with Crippen LogP contribution >= 0.6 is 7.82 Å². The number of carbonyl (C=O) groups excluding carboxylic acids is 2. The van der Waals surface area contributed by atoms with Crippen molar-refractivity contribution in [1.82, 2.24) is 0 Å². The highest BCUT2D eigenvalue weighted by Crippen LogP contribution is 2.43. The number of hydrogen-bond acceptors (Lipinski definition) is 9. The maximum Gasteiger partial charge on any atom is 0.472 e. The predicted molar refractivity (Wildman–Crippen MR) is 196 cm³/mol. The molecule has 288 valence electrons. The van der Waals surface area contributed by atoms with E-state index in [4.69, 9.17) is 19.1 Å². The number of carbonyl (C=O) groups is 2.